The van der Waals surface area contributed by atoms with Gasteiger partial charge in [-0.05, 0) is 48.2 Å². The first-order valence-corrected chi connectivity index (χ1v) is 9.21. The molecule has 0 saturated heterocycles. The number of methoxy groups -OCH3 is 1. The fourth-order valence-electron chi connectivity index (χ4n) is 2.53. The summed E-state index contributed by atoms with van der Waals surface area (Å²) in [5, 5.41) is 4.61. The Bertz CT molecular complexity index is 919. The zero-order chi connectivity index (χ0) is 19.2. The van der Waals surface area contributed by atoms with Crippen LogP contribution in [0.15, 0.2) is 66.0 Å². The molecule has 138 valence electrons. The van der Waals surface area contributed by atoms with E-state index >= 15 is 0 Å². The maximum atomic E-state index is 12.8. The molecule has 3 aromatic rings. The highest BCUT2D eigenvalue weighted by Crippen LogP contribution is 2.25. The van der Waals surface area contributed by atoms with Crippen molar-refractivity contribution < 1.29 is 19.1 Å². The normalized spacial score (nSPS) is 11.5. The van der Waals surface area contributed by atoms with Gasteiger partial charge < -0.3 is 14.8 Å². The van der Waals surface area contributed by atoms with Crippen molar-refractivity contribution in [1.29, 1.82) is 0 Å². The molecule has 2 aromatic carbocycles. The molecule has 0 aliphatic carbocycles. The van der Waals surface area contributed by atoms with Gasteiger partial charge in [-0.3, -0.25) is 4.79 Å². The molecule has 0 aliphatic heterocycles. The number of thiophene rings is 1. The average Bonchev–Trinajstić information content (AvgIpc) is 3.13. The van der Waals surface area contributed by atoms with Gasteiger partial charge in [-0.15, -0.1) is 11.3 Å². The van der Waals surface area contributed by atoms with Crippen LogP contribution in [0.5, 0.6) is 5.75 Å². The van der Waals surface area contributed by atoms with Gasteiger partial charge in [0.05, 0.1) is 7.11 Å². The fourth-order valence-corrected chi connectivity index (χ4v) is 3.33. The van der Waals surface area contributed by atoms with Crippen LogP contribution in [0.25, 0.3) is 0 Å². The standard InChI is InChI=1S/C21H19NO4S/c1-14-12-13-27-19(14)21(24)26-18(15-6-4-3-5-7-15)20(23)22-16-8-10-17(25-2)11-9-16/h3-13,18H,1-2H3,(H,22,23). The van der Waals surface area contributed by atoms with Crippen LogP contribution in [0.1, 0.15) is 26.9 Å². The summed E-state index contributed by atoms with van der Waals surface area (Å²) >= 11 is 1.29. The van der Waals surface area contributed by atoms with Crippen LogP contribution in [0.2, 0.25) is 0 Å². The molecular formula is C21H19NO4S. The topological polar surface area (TPSA) is 64.6 Å². The van der Waals surface area contributed by atoms with Gasteiger partial charge in [-0.2, -0.15) is 0 Å². The van der Waals surface area contributed by atoms with Gasteiger partial charge in [-0.25, -0.2) is 4.79 Å². The molecule has 1 N–H and O–H groups in total. The first-order chi connectivity index (χ1) is 13.1. The molecule has 1 amide bonds. The van der Waals surface area contributed by atoms with E-state index in [1.807, 2.05) is 24.4 Å². The first kappa shape index (κ1) is 18.7. The van der Waals surface area contributed by atoms with Crippen molar-refractivity contribution in [3.63, 3.8) is 0 Å². The van der Waals surface area contributed by atoms with Crippen LogP contribution in [0.3, 0.4) is 0 Å². The summed E-state index contributed by atoms with van der Waals surface area (Å²) in [5.41, 5.74) is 2.02. The van der Waals surface area contributed by atoms with E-state index in [0.717, 1.165) is 5.56 Å². The van der Waals surface area contributed by atoms with Gasteiger partial charge in [0.2, 0.25) is 6.10 Å². The Hall–Kier alpha value is -3.12. The predicted octanol–water partition coefficient (Wildman–Crippen LogP) is 4.60. The van der Waals surface area contributed by atoms with Crippen LogP contribution in [0, 0.1) is 6.92 Å². The summed E-state index contributed by atoms with van der Waals surface area (Å²) in [5.74, 6) is -0.248. The quantitative estimate of drug-likeness (QED) is 0.634. The summed E-state index contributed by atoms with van der Waals surface area (Å²) < 4.78 is 10.7. The molecule has 6 heteroatoms. The van der Waals surface area contributed by atoms with E-state index in [2.05, 4.69) is 5.32 Å². The average molecular weight is 381 g/mol. The number of esters is 1. The Kier molecular flexibility index (Phi) is 5.88. The fraction of sp³-hybridized carbons (Fsp3) is 0.143. The molecule has 3 rings (SSSR count). The van der Waals surface area contributed by atoms with E-state index in [9.17, 15) is 9.59 Å². The van der Waals surface area contributed by atoms with Crippen LogP contribution in [-0.4, -0.2) is 19.0 Å². The summed E-state index contributed by atoms with van der Waals surface area (Å²) in [6.45, 7) is 1.84. The first-order valence-electron chi connectivity index (χ1n) is 8.33. The second-order valence-electron chi connectivity index (χ2n) is 5.85. The number of amides is 1. The Morgan fingerprint density at radius 2 is 1.70 bits per heavy atom. The lowest BCUT2D eigenvalue weighted by molar-refractivity contribution is -0.125. The molecule has 0 radical (unpaired) electrons. The van der Waals surface area contributed by atoms with E-state index in [1.54, 1.807) is 55.6 Å². The van der Waals surface area contributed by atoms with Crippen molar-refractivity contribution in [2.24, 2.45) is 0 Å². The summed E-state index contributed by atoms with van der Waals surface area (Å²) in [6.07, 6.45) is -1.05. The number of hydrogen-bond acceptors (Lipinski definition) is 5. The van der Waals surface area contributed by atoms with E-state index in [-0.39, 0.29) is 0 Å². The van der Waals surface area contributed by atoms with Gasteiger partial charge >= 0.3 is 5.97 Å². The number of nitrogens with one attached hydrogen (secondary N) is 1. The lowest BCUT2D eigenvalue weighted by Crippen LogP contribution is -2.25. The summed E-state index contributed by atoms with van der Waals surface area (Å²) in [7, 11) is 1.57. The van der Waals surface area contributed by atoms with Crippen molar-refractivity contribution in [3.8, 4) is 5.75 Å². The van der Waals surface area contributed by atoms with Crippen molar-refractivity contribution in [2.75, 3.05) is 12.4 Å². The van der Waals surface area contributed by atoms with Gasteiger partial charge in [0, 0.05) is 11.3 Å². The Balaban J connectivity index is 1.82. The third-order valence-electron chi connectivity index (χ3n) is 3.97. The van der Waals surface area contributed by atoms with Gasteiger partial charge in [0.25, 0.3) is 5.91 Å². The molecule has 1 aromatic heterocycles. The Morgan fingerprint density at radius 1 is 1.00 bits per heavy atom. The SMILES string of the molecule is COc1ccc(NC(=O)C(OC(=O)c2sccc2C)c2ccccc2)cc1. The minimum atomic E-state index is -1.05. The number of hydrogen-bond donors (Lipinski definition) is 1. The molecule has 5 nitrogen and oxygen atoms in total. The van der Waals surface area contributed by atoms with Crippen LogP contribution < -0.4 is 10.1 Å². The predicted molar refractivity (Wildman–Crippen MR) is 105 cm³/mol. The van der Waals surface area contributed by atoms with E-state index in [4.69, 9.17) is 9.47 Å². The maximum Gasteiger partial charge on any atom is 0.349 e. The molecule has 1 unspecified atom stereocenters. The molecule has 0 aliphatic rings. The van der Waals surface area contributed by atoms with Gasteiger partial charge in [0.1, 0.15) is 10.6 Å². The number of rotatable bonds is 6. The number of benzene rings is 2. The molecule has 1 heterocycles. The molecule has 0 saturated carbocycles. The van der Waals surface area contributed by atoms with Crippen molar-refractivity contribution in [2.45, 2.75) is 13.0 Å². The second kappa shape index (κ2) is 8.51. The summed E-state index contributed by atoms with van der Waals surface area (Å²) in [6, 6.07) is 17.7. The molecule has 0 spiro atoms. The smallest absolute Gasteiger partial charge is 0.349 e. The lowest BCUT2D eigenvalue weighted by atomic mass is 10.1. The maximum absolute atomic E-state index is 12.8. The third kappa shape index (κ3) is 4.54. The second-order valence-corrected chi connectivity index (χ2v) is 6.76. The highest BCUT2D eigenvalue weighted by atomic mass is 32.1. The molecule has 27 heavy (non-hydrogen) atoms. The van der Waals surface area contributed by atoms with Crippen LogP contribution in [0.4, 0.5) is 5.69 Å². The molecule has 0 fully saturated rings. The third-order valence-corrected chi connectivity index (χ3v) is 4.97. The van der Waals surface area contributed by atoms with Crippen molar-refractivity contribution >= 4 is 28.9 Å². The van der Waals surface area contributed by atoms with E-state index in [0.29, 0.717) is 21.9 Å². The van der Waals surface area contributed by atoms with Gasteiger partial charge in [-0.1, -0.05) is 30.3 Å². The number of anilines is 1. The zero-order valence-electron chi connectivity index (χ0n) is 15.0. The van der Waals surface area contributed by atoms with Gasteiger partial charge in [0.15, 0.2) is 0 Å². The van der Waals surface area contributed by atoms with E-state index < -0.39 is 18.0 Å². The molecule has 0 bridgehead atoms. The number of ether oxygens (including phenoxy) is 2. The van der Waals surface area contributed by atoms with Crippen LogP contribution in [-0.2, 0) is 9.53 Å². The Morgan fingerprint density at radius 3 is 2.30 bits per heavy atom. The van der Waals surface area contributed by atoms with Crippen molar-refractivity contribution in [3.05, 3.63) is 82.0 Å². The highest BCUT2D eigenvalue weighted by Gasteiger charge is 2.26. The molecule has 1 atom stereocenters. The van der Waals surface area contributed by atoms with Crippen LogP contribution >= 0.6 is 11.3 Å². The minimum absolute atomic E-state index is 0.422. The van der Waals surface area contributed by atoms with Crippen molar-refractivity contribution in [1.82, 2.24) is 0 Å². The zero-order valence-corrected chi connectivity index (χ0v) is 15.8. The number of carbonyl (C=O) groups excluding carboxylic acids is 2. The highest BCUT2D eigenvalue weighted by molar-refractivity contribution is 7.12. The molecular weight excluding hydrogens is 362 g/mol. The monoisotopic (exact) mass is 381 g/mol. The van der Waals surface area contributed by atoms with E-state index in [1.165, 1.54) is 11.3 Å². The Labute approximate surface area is 161 Å². The minimum Gasteiger partial charge on any atom is -0.497 e. The largest absolute Gasteiger partial charge is 0.497 e. The summed E-state index contributed by atoms with van der Waals surface area (Å²) in [4.78, 5) is 25.9. The number of carbonyl (C=O) groups is 2. The number of aryl methyl sites for hydroxylation is 1. The lowest BCUT2D eigenvalue weighted by Gasteiger charge is -2.18.